The molecule has 0 aliphatic heterocycles. The normalized spacial score (nSPS) is 15.2. The Hall–Kier alpha value is -1.42. The molecular formula is C16H22FNO2. The zero-order chi connectivity index (χ0) is 14.8. The molecule has 1 aromatic carbocycles. The van der Waals surface area contributed by atoms with Crippen LogP contribution in [0, 0.1) is 5.82 Å². The van der Waals surface area contributed by atoms with E-state index in [-0.39, 0.29) is 30.0 Å². The van der Waals surface area contributed by atoms with E-state index in [1.54, 1.807) is 11.0 Å². The van der Waals surface area contributed by atoms with Crippen molar-refractivity contribution in [3.63, 3.8) is 0 Å². The summed E-state index contributed by atoms with van der Waals surface area (Å²) in [6.07, 6.45) is 2.05. The summed E-state index contributed by atoms with van der Waals surface area (Å²) >= 11 is 0. The molecule has 0 bridgehead atoms. The molecule has 3 nitrogen and oxygen atoms in total. The summed E-state index contributed by atoms with van der Waals surface area (Å²) in [6, 6.07) is 6.69. The number of hydrogen-bond donors (Lipinski definition) is 0. The van der Waals surface area contributed by atoms with Crippen molar-refractivity contribution >= 4 is 5.91 Å². The number of nitrogens with zero attached hydrogens (tertiary/aromatic N) is 1. The lowest BCUT2D eigenvalue weighted by Crippen LogP contribution is -2.37. The first kappa shape index (κ1) is 15.0. The van der Waals surface area contributed by atoms with Gasteiger partial charge in [-0.25, -0.2) is 4.39 Å². The van der Waals surface area contributed by atoms with Crippen LogP contribution < -0.4 is 0 Å². The Labute approximate surface area is 119 Å². The number of rotatable bonds is 5. The number of hydrogen-bond acceptors (Lipinski definition) is 2. The van der Waals surface area contributed by atoms with Gasteiger partial charge in [0, 0.05) is 12.6 Å². The Kier molecular flexibility index (Phi) is 4.43. The highest BCUT2D eigenvalue weighted by molar-refractivity contribution is 5.78. The van der Waals surface area contributed by atoms with E-state index in [0.717, 1.165) is 18.4 Å². The number of halogens is 1. The van der Waals surface area contributed by atoms with Gasteiger partial charge in [0.05, 0.1) is 5.60 Å². The first-order valence-corrected chi connectivity index (χ1v) is 7.03. The smallest absolute Gasteiger partial charge is 0.249 e. The number of ether oxygens (including phenoxy) is 1. The van der Waals surface area contributed by atoms with Crippen molar-refractivity contribution in [2.24, 2.45) is 0 Å². The minimum atomic E-state index is -0.330. The maximum atomic E-state index is 13.2. The number of carbonyl (C=O) groups excluding carboxylic acids is 1. The number of benzene rings is 1. The molecule has 20 heavy (non-hydrogen) atoms. The molecule has 2 rings (SSSR count). The van der Waals surface area contributed by atoms with E-state index in [1.165, 1.54) is 12.1 Å². The predicted octanol–water partition coefficient (Wildman–Crippen LogP) is 3.13. The molecule has 0 N–H and O–H groups in total. The van der Waals surface area contributed by atoms with E-state index < -0.39 is 0 Å². The van der Waals surface area contributed by atoms with Gasteiger partial charge in [-0.3, -0.25) is 4.79 Å². The highest BCUT2D eigenvalue weighted by atomic mass is 19.1. The quantitative estimate of drug-likeness (QED) is 0.828. The van der Waals surface area contributed by atoms with E-state index >= 15 is 0 Å². The SMILES string of the molecule is CC(C)(C)OCC(=O)N(Cc1cccc(F)c1)C1CC1. The lowest BCUT2D eigenvalue weighted by Gasteiger charge is -2.25. The van der Waals surface area contributed by atoms with Crippen LogP contribution in [-0.4, -0.2) is 29.1 Å². The fourth-order valence-electron chi connectivity index (χ4n) is 2.00. The molecule has 0 atom stereocenters. The van der Waals surface area contributed by atoms with E-state index in [2.05, 4.69) is 0 Å². The topological polar surface area (TPSA) is 29.5 Å². The fraction of sp³-hybridized carbons (Fsp3) is 0.562. The molecule has 0 spiro atoms. The van der Waals surface area contributed by atoms with E-state index in [0.29, 0.717) is 6.54 Å². The van der Waals surface area contributed by atoms with E-state index in [9.17, 15) is 9.18 Å². The minimum absolute atomic E-state index is 0.0216. The summed E-state index contributed by atoms with van der Waals surface area (Å²) in [6.45, 7) is 6.31. The number of amides is 1. The Morgan fingerprint density at radius 2 is 2.10 bits per heavy atom. The zero-order valence-electron chi connectivity index (χ0n) is 12.4. The second-order valence-electron chi connectivity index (χ2n) is 6.28. The molecule has 0 heterocycles. The summed E-state index contributed by atoms with van der Waals surface area (Å²) < 4.78 is 18.8. The minimum Gasteiger partial charge on any atom is -0.366 e. The largest absolute Gasteiger partial charge is 0.366 e. The van der Waals surface area contributed by atoms with Gasteiger partial charge in [0.15, 0.2) is 0 Å². The highest BCUT2D eigenvalue weighted by Gasteiger charge is 2.33. The molecule has 0 radical (unpaired) electrons. The maximum absolute atomic E-state index is 13.2. The summed E-state index contributed by atoms with van der Waals surface area (Å²) in [4.78, 5) is 14.1. The summed E-state index contributed by atoms with van der Waals surface area (Å²) in [5, 5.41) is 0. The molecule has 1 fully saturated rings. The molecule has 0 unspecified atom stereocenters. The molecule has 1 aliphatic rings. The highest BCUT2D eigenvalue weighted by Crippen LogP contribution is 2.28. The van der Waals surface area contributed by atoms with Crippen molar-refractivity contribution in [2.75, 3.05) is 6.61 Å². The van der Waals surface area contributed by atoms with Gasteiger partial charge in [0.2, 0.25) is 5.91 Å². The van der Waals surface area contributed by atoms with Crippen LogP contribution in [-0.2, 0) is 16.1 Å². The van der Waals surface area contributed by atoms with Crippen molar-refractivity contribution in [3.8, 4) is 0 Å². The third-order valence-electron chi connectivity index (χ3n) is 3.18. The van der Waals surface area contributed by atoms with Gasteiger partial charge in [-0.2, -0.15) is 0 Å². The third kappa shape index (κ3) is 4.60. The Bertz CT molecular complexity index is 478. The van der Waals surface area contributed by atoms with E-state index in [4.69, 9.17) is 4.74 Å². The first-order valence-electron chi connectivity index (χ1n) is 7.03. The van der Waals surface area contributed by atoms with Crippen molar-refractivity contribution in [1.82, 2.24) is 4.90 Å². The summed E-state index contributed by atoms with van der Waals surface area (Å²) in [7, 11) is 0. The van der Waals surface area contributed by atoms with E-state index in [1.807, 2.05) is 26.8 Å². The average Bonchev–Trinajstić information content (AvgIpc) is 3.16. The summed E-state index contributed by atoms with van der Waals surface area (Å²) in [5.74, 6) is -0.289. The maximum Gasteiger partial charge on any atom is 0.249 e. The van der Waals surface area contributed by atoms with Crippen LogP contribution in [0.1, 0.15) is 39.2 Å². The van der Waals surface area contributed by atoms with Crippen molar-refractivity contribution in [1.29, 1.82) is 0 Å². The monoisotopic (exact) mass is 279 g/mol. The van der Waals surface area contributed by atoms with Gasteiger partial charge >= 0.3 is 0 Å². The number of carbonyl (C=O) groups is 1. The van der Waals surface area contributed by atoms with Gasteiger partial charge in [0.1, 0.15) is 12.4 Å². The van der Waals surface area contributed by atoms with Crippen LogP contribution >= 0.6 is 0 Å². The standard InChI is InChI=1S/C16H22FNO2/c1-16(2,3)20-11-15(19)18(14-7-8-14)10-12-5-4-6-13(17)9-12/h4-6,9,14H,7-8,10-11H2,1-3H3. The van der Waals surface area contributed by atoms with Crippen LogP contribution in [0.5, 0.6) is 0 Å². The Morgan fingerprint density at radius 1 is 1.40 bits per heavy atom. The molecule has 1 saturated carbocycles. The van der Waals surface area contributed by atoms with Gasteiger partial charge in [-0.15, -0.1) is 0 Å². The lowest BCUT2D eigenvalue weighted by molar-refractivity contribution is -0.142. The second-order valence-corrected chi connectivity index (χ2v) is 6.28. The van der Waals surface area contributed by atoms with Gasteiger partial charge in [-0.1, -0.05) is 12.1 Å². The molecule has 1 aliphatic carbocycles. The van der Waals surface area contributed by atoms with Crippen LogP contribution in [0.2, 0.25) is 0 Å². The Morgan fingerprint density at radius 3 is 2.65 bits per heavy atom. The molecule has 4 heteroatoms. The van der Waals surface area contributed by atoms with Crippen molar-refractivity contribution < 1.29 is 13.9 Å². The molecular weight excluding hydrogens is 257 g/mol. The van der Waals surface area contributed by atoms with Crippen molar-refractivity contribution in [3.05, 3.63) is 35.6 Å². The molecule has 0 aromatic heterocycles. The molecule has 110 valence electrons. The van der Waals surface area contributed by atoms with Crippen LogP contribution in [0.4, 0.5) is 4.39 Å². The van der Waals surface area contributed by atoms with Crippen LogP contribution in [0.15, 0.2) is 24.3 Å². The molecule has 1 amide bonds. The van der Waals surface area contributed by atoms with Gasteiger partial charge < -0.3 is 9.64 Å². The lowest BCUT2D eigenvalue weighted by atomic mass is 10.2. The zero-order valence-corrected chi connectivity index (χ0v) is 12.4. The van der Waals surface area contributed by atoms with Crippen LogP contribution in [0.3, 0.4) is 0 Å². The van der Waals surface area contributed by atoms with Crippen LogP contribution in [0.25, 0.3) is 0 Å². The Balaban J connectivity index is 1.98. The fourth-order valence-corrected chi connectivity index (χ4v) is 2.00. The summed E-state index contributed by atoms with van der Waals surface area (Å²) in [5.41, 5.74) is 0.491. The first-order chi connectivity index (χ1) is 9.35. The molecule has 1 aromatic rings. The van der Waals surface area contributed by atoms with Gasteiger partial charge in [0.25, 0.3) is 0 Å². The predicted molar refractivity (Wildman–Crippen MR) is 75.7 cm³/mol. The molecule has 0 saturated heterocycles. The second kappa shape index (κ2) is 5.92. The average molecular weight is 279 g/mol. The third-order valence-corrected chi connectivity index (χ3v) is 3.18. The van der Waals surface area contributed by atoms with Crippen molar-refractivity contribution in [2.45, 2.75) is 51.8 Å². The van der Waals surface area contributed by atoms with Gasteiger partial charge in [-0.05, 0) is 51.3 Å².